The maximum absolute atomic E-state index is 10.2. The molecule has 116 valence electrons. The van der Waals surface area contributed by atoms with Crippen molar-refractivity contribution in [2.45, 2.75) is 32.4 Å². The van der Waals surface area contributed by atoms with Crippen molar-refractivity contribution in [2.75, 3.05) is 6.61 Å². The van der Waals surface area contributed by atoms with Crippen LogP contribution in [0.1, 0.15) is 19.2 Å². The highest BCUT2D eigenvalue weighted by molar-refractivity contribution is 5.85. The predicted octanol–water partition coefficient (Wildman–Crippen LogP) is 2.76. The molecular formula is C17H21N3O2. The first-order chi connectivity index (χ1) is 10.8. The van der Waals surface area contributed by atoms with Crippen molar-refractivity contribution in [3.05, 3.63) is 48.7 Å². The maximum Gasteiger partial charge on any atom is 0.128 e. The third kappa shape index (κ3) is 3.14. The summed E-state index contributed by atoms with van der Waals surface area (Å²) >= 11 is 0. The van der Waals surface area contributed by atoms with Crippen LogP contribution in [0.15, 0.2) is 42.9 Å². The van der Waals surface area contributed by atoms with Crippen molar-refractivity contribution in [3.8, 4) is 5.75 Å². The molecule has 3 aromatic rings. The number of nitrogens with zero attached hydrogens (tertiary/aromatic N) is 2. The lowest BCUT2D eigenvalue weighted by Gasteiger charge is -2.15. The minimum absolute atomic E-state index is 0.258. The van der Waals surface area contributed by atoms with Gasteiger partial charge in [0.2, 0.25) is 0 Å². The number of aliphatic hydroxyl groups excluding tert-OH is 1. The van der Waals surface area contributed by atoms with E-state index in [2.05, 4.69) is 16.9 Å². The molecule has 2 heterocycles. The van der Waals surface area contributed by atoms with Crippen molar-refractivity contribution in [1.82, 2.24) is 14.5 Å². The van der Waals surface area contributed by atoms with Gasteiger partial charge in [-0.3, -0.25) is 0 Å². The van der Waals surface area contributed by atoms with Gasteiger partial charge in [0.05, 0.1) is 6.54 Å². The van der Waals surface area contributed by atoms with Crippen LogP contribution in [0, 0.1) is 0 Å². The molecule has 0 unspecified atom stereocenters. The number of imidazole rings is 1. The molecular weight excluding hydrogens is 278 g/mol. The number of aromatic nitrogens is 3. The number of ether oxygens (including phenoxy) is 1. The third-order valence-electron chi connectivity index (χ3n) is 3.67. The van der Waals surface area contributed by atoms with E-state index in [0.29, 0.717) is 6.54 Å². The second kappa shape index (κ2) is 6.66. The molecule has 0 saturated heterocycles. The average Bonchev–Trinajstić information content (AvgIpc) is 3.15. The van der Waals surface area contributed by atoms with Gasteiger partial charge < -0.3 is 19.4 Å². The smallest absolute Gasteiger partial charge is 0.128 e. The average molecular weight is 299 g/mol. The Hall–Kier alpha value is -2.27. The van der Waals surface area contributed by atoms with Crippen molar-refractivity contribution in [1.29, 1.82) is 0 Å². The molecule has 2 aromatic heterocycles. The van der Waals surface area contributed by atoms with Gasteiger partial charge in [0.15, 0.2) is 0 Å². The lowest BCUT2D eigenvalue weighted by molar-refractivity contribution is 0.0924. The van der Waals surface area contributed by atoms with Crippen LogP contribution >= 0.6 is 0 Å². The first-order valence-corrected chi connectivity index (χ1v) is 7.65. The van der Waals surface area contributed by atoms with Crippen LogP contribution in [0.4, 0.5) is 0 Å². The first kappa shape index (κ1) is 14.7. The number of H-pyrrole nitrogens is 1. The summed E-state index contributed by atoms with van der Waals surface area (Å²) in [6, 6.07) is 7.84. The summed E-state index contributed by atoms with van der Waals surface area (Å²) < 4.78 is 7.78. The fraction of sp³-hybridized carbons (Fsp3) is 0.353. The van der Waals surface area contributed by atoms with Crippen LogP contribution in [-0.2, 0) is 13.0 Å². The Morgan fingerprint density at radius 1 is 1.36 bits per heavy atom. The summed E-state index contributed by atoms with van der Waals surface area (Å²) in [5.74, 6) is 1.80. The van der Waals surface area contributed by atoms with E-state index < -0.39 is 6.10 Å². The molecule has 0 amide bonds. The maximum atomic E-state index is 10.2. The molecule has 0 aliphatic rings. The van der Waals surface area contributed by atoms with Crippen LogP contribution in [0.3, 0.4) is 0 Å². The quantitative estimate of drug-likeness (QED) is 0.705. The van der Waals surface area contributed by atoms with E-state index >= 15 is 0 Å². The molecule has 5 heteroatoms. The van der Waals surface area contributed by atoms with Gasteiger partial charge in [-0.1, -0.05) is 13.0 Å². The standard InChI is InChI=1S/C17H21N3O2/c1-2-4-17-19-9-10-20(17)11-13(21)12-22-16-6-3-5-15-14(16)7-8-18-15/h3,5-10,13,18,21H,2,4,11-12H2,1H3/t13-/m0/s1. The van der Waals surface area contributed by atoms with Gasteiger partial charge in [0, 0.05) is 35.9 Å². The molecule has 0 bridgehead atoms. The molecule has 0 radical (unpaired) electrons. The van der Waals surface area contributed by atoms with E-state index in [0.717, 1.165) is 35.3 Å². The van der Waals surface area contributed by atoms with E-state index in [4.69, 9.17) is 4.74 Å². The Labute approximate surface area is 129 Å². The number of rotatable bonds is 7. The Kier molecular flexibility index (Phi) is 4.44. The Morgan fingerprint density at radius 3 is 3.14 bits per heavy atom. The minimum Gasteiger partial charge on any atom is -0.490 e. The van der Waals surface area contributed by atoms with Gasteiger partial charge in [0.1, 0.15) is 24.3 Å². The topological polar surface area (TPSA) is 63.1 Å². The van der Waals surface area contributed by atoms with Crippen LogP contribution in [0.5, 0.6) is 5.75 Å². The zero-order chi connectivity index (χ0) is 15.4. The Morgan fingerprint density at radius 2 is 2.27 bits per heavy atom. The van der Waals surface area contributed by atoms with Gasteiger partial charge in [-0.15, -0.1) is 0 Å². The fourth-order valence-corrected chi connectivity index (χ4v) is 2.61. The SMILES string of the molecule is CCCc1nccn1C[C@H](O)COc1cccc2[nH]ccc12. The predicted molar refractivity (Wildman–Crippen MR) is 86.0 cm³/mol. The summed E-state index contributed by atoms with van der Waals surface area (Å²) in [7, 11) is 0. The largest absolute Gasteiger partial charge is 0.490 e. The Balaban J connectivity index is 1.61. The molecule has 5 nitrogen and oxygen atoms in total. The molecule has 2 N–H and O–H groups in total. The monoisotopic (exact) mass is 299 g/mol. The molecule has 0 saturated carbocycles. The summed E-state index contributed by atoms with van der Waals surface area (Å²) in [4.78, 5) is 7.47. The van der Waals surface area contributed by atoms with Gasteiger partial charge in [-0.05, 0) is 24.6 Å². The zero-order valence-corrected chi connectivity index (χ0v) is 12.7. The number of aromatic amines is 1. The van der Waals surface area contributed by atoms with Gasteiger partial charge in [-0.2, -0.15) is 0 Å². The summed E-state index contributed by atoms with van der Waals surface area (Å²) in [6.45, 7) is 2.88. The van der Waals surface area contributed by atoms with E-state index in [1.807, 2.05) is 41.2 Å². The van der Waals surface area contributed by atoms with Gasteiger partial charge in [0.25, 0.3) is 0 Å². The first-order valence-electron chi connectivity index (χ1n) is 7.65. The molecule has 1 aromatic carbocycles. The zero-order valence-electron chi connectivity index (χ0n) is 12.7. The van der Waals surface area contributed by atoms with Crippen LogP contribution in [0.25, 0.3) is 10.9 Å². The van der Waals surface area contributed by atoms with Crippen molar-refractivity contribution >= 4 is 10.9 Å². The summed E-state index contributed by atoms with van der Waals surface area (Å²) in [5, 5.41) is 11.2. The number of hydrogen-bond donors (Lipinski definition) is 2. The van der Waals surface area contributed by atoms with Gasteiger partial charge in [-0.25, -0.2) is 4.98 Å². The third-order valence-corrected chi connectivity index (χ3v) is 3.67. The van der Waals surface area contributed by atoms with Crippen molar-refractivity contribution in [3.63, 3.8) is 0 Å². The number of fused-ring (bicyclic) bond motifs is 1. The van der Waals surface area contributed by atoms with E-state index in [1.165, 1.54) is 0 Å². The molecule has 0 aliphatic heterocycles. The lowest BCUT2D eigenvalue weighted by Crippen LogP contribution is -2.24. The Bertz CT molecular complexity index is 732. The number of aliphatic hydroxyl groups is 1. The number of benzene rings is 1. The number of nitrogens with one attached hydrogen (secondary N) is 1. The summed E-state index contributed by atoms with van der Waals surface area (Å²) in [6.07, 6.45) is 6.96. The van der Waals surface area contributed by atoms with Crippen LogP contribution in [-0.4, -0.2) is 32.4 Å². The molecule has 22 heavy (non-hydrogen) atoms. The minimum atomic E-state index is -0.570. The molecule has 0 aliphatic carbocycles. The molecule has 0 spiro atoms. The normalized spacial score (nSPS) is 12.6. The highest BCUT2D eigenvalue weighted by Gasteiger charge is 2.11. The molecule has 1 atom stereocenters. The van der Waals surface area contributed by atoms with E-state index in [-0.39, 0.29) is 6.61 Å². The van der Waals surface area contributed by atoms with Crippen LogP contribution in [0.2, 0.25) is 0 Å². The van der Waals surface area contributed by atoms with E-state index in [9.17, 15) is 5.11 Å². The molecule has 3 rings (SSSR count). The number of aryl methyl sites for hydroxylation is 1. The fourth-order valence-electron chi connectivity index (χ4n) is 2.61. The highest BCUT2D eigenvalue weighted by atomic mass is 16.5. The molecule has 0 fully saturated rings. The van der Waals surface area contributed by atoms with E-state index in [1.54, 1.807) is 6.20 Å². The second-order valence-electron chi connectivity index (χ2n) is 5.41. The lowest BCUT2D eigenvalue weighted by atomic mass is 10.2. The highest BCUT2D eigenvalue weighted by Crippen LogP contribution is 2.24. The van der Waals surface area contributed by atoms with Gasteiger partial charge >= 0.3 is 0 Å². The van der Waals surface area contributed by atoms with Crippen LogP contribution < -0.4 is 4.74 Å². The van der Waals surface area contributed by atoms with Crippen molar-refractivity contribution < 1.29 is 9.84 Å². The second-order valence-corrected chi connectivity index (χ2v) is 5.41. The number of hydrogen-bond acceptors (Lipinski definition) is 3. The van der Waals surface area contributed by atoms with Crippen molar-refractivity contribution in [2.24, 2.45) is 0 Å². The summed E-state index contributed by atoms with van der Waals surface area (Å²) in [5.41, 5.74) is 1.03.